The van der Waals surface area contributed by atoms with E-state index in [0.29, 0.717) is 12.2 Å². The Morgan fingerprint density at radius 2 is 2.00 bits per heavy atom. The van der Waals surface area contributed by atoms with Crippen LogP contribution in [-0.2, 0) is 19.5 Å². The maximum absolute atomic E-state index is 12.7. The van der Waals surface area contributed by atoms with Crippen molar-refractivity contribution in [2.75, 3.05) is 0 Å². The lowest BCUT2D eigenvalue weighted by molar-refractivity contribution is 0.0887. The van der Waals surface area contributed by atoms with Gasteiger partial charge in [0.05, 0.1) is 18.6 Å². The largest absolute Gasteiger partial charge is 0.346 e. The zero-order valence-electron chi connectivity index (χ0n) is 16.7. The third-order valence-electron chi connectivity index (χ3n) is 4.77. The third kappa shape index (κ3) is 5.52. The molecule has 0 saturated carbocycles. The Labute approximate surface area is 165 Å². The first-order valence-electron chi connectivity index (χ1n) is 9.62. The van der Waals surface area contributed by atoms with Gasteiger partial charge >= 0.3 is 0 Å². The molecule has 3 rings (SSSR count). The number of hydrogen-bond donors (Lipinski definition) is 1. The van der Waals surface area contributed by atoms with Crippen molar-refractivity contribution in [2.45, 2.75) is 52.7 Å². The zero-order chi connectivity index (χ0) is 20.0. The van der Waals surface area contributed by atoms with E-state index in [9.17, 15) is 4.79 Å². The Bertz CT molecular complexity index is 864. The van der Waals surface area contributed by atoms with Crippen LogP contribution in [0.5, 0.6) is 0 Å². The molecule has 1 amide bonds. The van der Waals surface area contributed by atoms with Crippen molar-refractivity contribution >= 4 is 5.91 Å². The Morgan fingerprint density at radius 1 is 1.21 bits per heavy atom. The number of benzene rings is 1. The molecule has 7 heteroatoms. The van der Waals surface area contributed by atoms with Gasteiger partial charge in [-0.2, -0.15) is 0 Å². The standard InChI is InChI=1S/C21H28N6O/c1-21(2,3)19(15-26-13-11-22-16-26)23-20(28)18-14-27(25-24-18)12-7-10-17-8-5-4-6-9-17/h4-6,8-9,11,13-14,16,19H,7,10,12,15H2,1-3H3,(H,23,28)/t19-/m1/s1. The van der Waals surface area contributed by atoms with Gasteiger partial charge in [-0.3, -0.25) is 9.48 Å². The number of carbonyl (C=O) groups is 1. The van der Waals surface area contributed by atoms with Gasteiger partial charge in [0.1, 0.15) is 0 Å². The number of aryl methyl sites for hydroxylation is 2. The highest BCUT2D eigenvalue weighted by atomic mass is 16.2. The van der Waals surface area contributed by atoms with E-state index in [1.807, 2.05) is 29.0 Å². The van der Waals surface area contributed by atoms with E-state index >= 15 is 0 Å². The highest BCUT2D eigenvalue weighted by molar-refractivity contribution is 5.92. The van der Waals surface area contributed by atoms with Crippen LogP contribution in [0.25, 0.3) is 0 Å². The van der Waals surface area contributed by atoms with Crippen LogP contribution in [0.1, 0.15) is 43.2 Å². The molecule has 0 aliphatic heterocycles. The van der Waals surface area contributed by atoms with Gasteiger partial charge in [0.15, 0.2) is 5.69 Å². The summed E-state index contributed by atoms with van der Waals surface area (Å²) in [5.74, 6) is -0.200. The van der Waals surface area contributed by atoms with Gasteiger partial charge in [-0.25, -0.2) is 4.98 Å². The molecule has 2 aromatic heterocycles. The van der Waals surface area contributed by atoms with E-state index in [4.69, 9.17) is 0 Å². The second-order valence-electron chi connectivity index (χ2n) is 8.11. The number of nitrogens with zero attached hydrogens (tertiary/aromatic N) is 5. The van der Waals surface area contributed by atoms with Gasteiger partial charge in [-0.05, 0) is 23.8 Å². The van der Waals surface area contributed by atoms with Crippen LogP contribution in [0.2, 0.25) is 0 Å². The lowest BCUT2D eigenvalue weighted by atomic mass is 9.86. The minimum atomic E-state index is -0.200. The predicted molar refractivity (Wildman–Crippen MR) is 108 cm³/mol. The fourth-order valence-electron chi connectivity index (χ4n) is 2.98. The smallest absolute Gasteiger partial charge is 0.273 e. The molecule has 0 radical (unpaired) electrons. The molecular formula is C21H28N6O. The molecule has 0 aliphatic carbocycles. The number of nitrogens with one attached hydrogen (secondary N) is 1. The molecule has 3 aromatic rings. The quantitative estimate of drug-likeness (QED) is 0.652. The minimum absolute atomic E-state index is 0.0579. The number of imidazole rings is 1. The summed E-state index contributed by atoms with van der Waals surface area (Å²) in [6.45, 7) is 7.70. The molecule has 0 spiro atoms. The molecule has 28 heavy (non-hydrogen) atoms. The van der Waals surface area contributed by atoms with Crippen LogP contribution in [0.3, 0.4) is 0 Å². The fraction of sp³-hybridized carbons (Fsp3) is 0.429. The molecule has 7 nitrogen and oxygen atoms in total. The number of rotatable bonds is 8. The van der Waals surface area contributed by atoms with Gasteiger partial charge in [0, 0.05) is 25.5 Å². The van der Waals surface area contributed by atoms with Gasteiger partial charge < -0.3 is 9.88 Å². The topological polar surface area (TPSA) is 77.6 Å². The van der Waals surface area contributed by atoms with E-state index in [-0.39, 0.29) is 17.4 Å². The number of amides is 1. The van der Waals surface area contributed by atoms with Crippen LogP contribution in [0.15, 0.2) is 55.2 Å². The van der Waals surface area contributed by atoms with Crippen LogP contribution < -0.4 is 5.32 Å². The Kier molecular flexibility index (Phi) is 6.23. The Hall–Kier alpha value is -2.96. The van der Waals surface area contributed by atoms with E-state index in [1.165, 1.54) is 5.56 Å². The Balaban J connectivity index is 1.56. The summed E-state index contributed by atoms with van der Waals surface area (Å²) in [7, 11) is 0. The lowest BCUT2D eigenvalue weighted by Gasteiger charge is -2.31. The normalized spacial score (nSPS) is 12.7. The SMILES string of the molecule is CC(C)(C)[C@@H](Cn1ccnc1)NC(=O)c1cn(CCCc2ccccc2)nn1. The lowest BCUT2D eigenvalue weighted by Crippen LogP contribution is -2.46. The van der Waals surface area contributed by atoms with E-state index in [2.05, 4.69) is 53.5 Å². The van der Waals surface area contributed by atoms with Gasteiger partial charge in [0.2, 0.25) is 0 Å². The second kappa shape index (κ2) is 8.82. The molecule has 1 aromatic carbocycles. The minimum Gasteiger partial charge on any atom is -0.346 e. The maximum Gasteiger partial charge on any atom is 0.273 e. The Morgan fingerprint density at radius 3 is 2.68 bits per heavy atom. The molecule has 2 heterocycles. The molecule has 1 atom stereocenters. The first-order valence-corrected chi connectivity index (χ1v) is 9.62. The van der Waals surface area contributed by atoms with Crippen molar-refractivity contribution in [3.05, 3.63) is 66.5 Å². The summed E-state index contributed by atoms with van der Waals surface area (Å²) in [5.41, 5.74) is 1.54. The maximum atomic E-state index is 12.7. The summed E-state index contributed by atoms with van der Waals surface area (Å²) < 4.78 is 3.70. The highest BCUT2D eigenvalue weighted by Crippen LogP contribution is 2.21. The number of aromatic nitrogens is 5. The molecular weight excluding hydrogens is 352 g/mol. The highest BCUT2D eigenvalue weighted by Gasteiger charge is 2.27. The van der Waals surface area contributed by atoms with E-state index in [0.717, 1.165) is 19.4 Å². The first kappa shape index (κ1) is 19.8. The van der Waals surface area contributed by atoms with Gasteiger partial charge in [-0.1, -0.05) is 56.3 Å². The molecule has 1 N–H and O–H groups in total. The number of carbonyl (C=O) groups excluding carboxylic acids is 1. The summed E-state index contributed by atoms with van der Waals surface area (Å²) in [6.07, 6.45) is 9.03. The summed E-state index contributed by atoms with van der Waals surface area (Å²) >= 11 is 0. The van der Waals surface area contributed by atoms with Crippen molar-refractivity contribution in [2.24, 2.45) is 5.41 Å². The summed E-state index contributed by atoms with van der Waals surface area (Å²) in [5, 5.41) is 11.3. The van der Waals surface area contributed by atoms with E-state index in [1.54, 1.807) is 23.4 Å². The van der Waals surface area contributed by atoms with Gasteiger partial charge in [0.25, 0.3) is 5.91 Å². The van der Waals surface area contributed by atoms with E-state index < -0.39 is 0 Å². The van der Waals surface area contributed by atoms with Crippen molar-refractivity contribution in [1.29, 1.82) is 0 Å². The fourth-order valence-corrected chi connectivity index (χ4v) is 2.98. The average Bonchev–Trinajstić information content (AvgIpc) is 3.33. The molecule has 0 saturated heterocycles. The molecule has 0 aliphatic rings. The molecule has 0 unspecified atom stereocenters. The average molecular weight is 380 g/mol. The van der Waals surface area contributed by atoms with Crippen molar-refractivity contribution in [3.8, 4) is 0 Å². The monoisotopic (exact) mass is 380 g/mol. The second-order valence-corrected chi connectivity index (χ2v) is 8.11. The number of hydrogen-bond acceptors (Lipinski definition) is 4. The van der Waals surface area contributed by atoms with Gasteiger partial charge in [-0.15, -0.1) is 5.10 Å². The molecule has 148 valence electrons. The molecule has 0 bridgehead atoms. The van der Waals surface area contributed by atoms with Crippen LogP contribution in [-0.4, -0.2) is 36.5 Å². The van der Waals surface area contributed by atoms with Crippen LogP contribution in [0.4, 0.5) is 0 Å². The first-order chi connectivity index (χ1) is 13.4. The molecule has 0 fully saturated rings. The predicted octanol–water partition coefficient (Wildman–Crippen LogP) is 2.95. The third-order valence-corrected chi connectivity index (χ3v) is 4.77. The summed E-state index contributed by atoms with van der Waals surface area (Å²) in [6, 6.07) is 10.3. The summed E-state index contributed by atoms with van der Waals surface area (Å²) in [4.78, 5) is 16.8. The van der Waals surface area contributed by atoms with Crippen molar-refractivity contribution in [3.63, 3.8) is 0 Å². The van der Waals surface area contributed by atoms with Crippen molar-refractivity contribution in [1.82, 2.24) is 29.9 Å². The van der Waals surface area contributed by atoms with Crippen LogP contribution in [0, 0.1) is 5.41 Å². The van der Waals surface area contributed by atoms with Crippen molar-refractivity contribution < 1.29 is 4.79 Å². The zero-order valence-corrected chi connectivity index (χ0v) is 16.7. The van der Waals surface area contributed by atoms with Crippen LogP contribution >= 0.6 is 0 Å².